The van der Waals surface area contributed by atoms with Crippen LogP contribution >= 0.6 is 0 Å². The van der Waals surface area contributed by atoms with Gasteiger partial charge in [-0.15, -0.1) is 0 Å². The van der Waals surface area contributed by atoms with Gasteiger partial charge in [0.05, 0.1) is 4.92 Å². The molecule has 106 valence electrons. The highest BCUT2D eigenvalue weighted by Crippen LogP contribution is 2.35. The zero-order chi connectivity index (χ0) is 14.3. The topological polar surface area (TPSA) is 58.4 Å². The van der Waals surface area contributed by atoms with Gasteiger partial charge < -0.3 is 10.2 Å². The maximum atomic E-state index is 11.4. The Kier molecular flexibility index (Phi) is 6.12. The molecule has 1 rings (SSSR count). The molecule has 0 saturated carbocycles. The van der Waals surface area contributed by atoms with Crippen LogP contribution in [0.1, 0.15) is 33.6 Å². The molecular formula is C14H23N3O2. The van der Waals surface area contributed by atoms with Gasteiger partial charge in [0.2, 0.25) is 0 Å². The van der Waals surface area contributed by atoms with Gasteiger partial charge in [0.15, 0.2) is 0 Å². The summed E-state index contributed by atoms with van der Waals surface area (Å²) in [6.45, 7) is 8.46. The number of nitrogens with one attached hydrogen (secondary N) is 1. The average molecular weight is 265 g/mol. The Balaban J connectivity index is 3.23. The minimum Gasteiger partial charge on any atom is -0.380 e. The molecule has 1 aromatic carbocycles. The van der Waals surface area contributed by atoms with Gasteiger partial charge >= 0.3 is 5.69 Å². The number of hydrogen-bond donors (Lipinski definition) is 1. The van der Waals surface area contributed by atoms with E-state index in [2.05, 4.69) is 24.1 Å². The summed E-state index contributed by atoms with van der Waals surface area (Å²) in [7, 11) is 0. The number of nitrogens with zero attached hydrogens (tertiary/aromatic N) is 2. The van der Waals surface area contributed by atoms with Gasteiger partial charge in [-0.1, -0.05) is 19.9 Å². The monoisotopic (exact) mass is 265 g/mol. The van der Waals surface area contributed by atoms with E-state index in [1.54, 1.807) is 6.07 Å². The lowest BCUT2D eigenvalue weighted by Crippen LogP contribution is -2.26. The van der Waals surface area contributed by atoms with Crippen LogP contribution in [0.2, 0.25) is 0 Å². The molecule has 0 spiro atoms. The molecule has 0 heterocycles. The van der Waals surface area contributed by atoms with Crippen LogP contribution in [0.3, 0.4) is 0 Å². The molecule has 0 bridgehead atoms. The first-order chi connectivity index (χ1) is 9.15. The molecule has 0 aromatic heterocycles. The summed E-state index contributed by atoms with van der Waals surface area (Å²) in [5.74, 6) is 0. The fourth-order valence-corrected chi connectivity index (χ4v) is 2.20. The Morgan fingerprint density at radius 3 is 2.32 bits per heavy atom. The van der Waals surface area contributed by atoms with Gasteiger partial charge in [0.25, 0.3) is 0 Å². The number of rotatable bonds is 8. The third-order valence-electron chi connectivity index (χ3n) is 2.89. The van der Waals surface area contributed by atoms with Crippen molar-refractivity contribution in [3.63, 3.8) is 0 Å². The highest BCUT2D eigenvalue weighted by atomic mass is 16.6. The number of benzene rings is 1. The van der Waals surface area contributed by atoms with E-state index in [-0.39, 0.29) is 10.6 Å². The van der Waals surface area contributed by atoms with Crippen molar-refractivity contribution < 1.29 is 4.92 Å². The number of anilines is 2. The Morgan fingerprint density at radius 2 is 1.84 bits per heavy atom. The molecule has 1 N–H and O–H groups in total. The molecule has 1 aromatic rings. The molecule has 0 unspecified atom stereocenters. The van der Waals surface area contributed by atoms with Crippen LogP contribution in [0.25, 0.3) is 0 Å². The smallest absolute Gasteiger partial charge is 0.315 e. The third kappa shape index (κ3) is 3.84. The lowest BCUT2D eigenvalue weighted by molar-refractivity contribution is -0.383. The normalized spacial score (nSPS) is 10.3. The molecule has 0 aliphatic rings. The fraction of sp³-hybridized carbons (Fsp3) is 0.571. The van der Waals surface area contributed by atoms with Crippen molar-refractivity contribution in [3.05, 3.63) is 28.3 Å². The Bertz CT molecular complexity index is 415. The van der Waals surface area contributed by atoms with Crippen LogP contribution in [0.15, 0.2) is 18.2 Å². The summed E-state index contributed by atoms with van der Waals surface area (Å²) in [6.07, 6.45) is 1.95. The molecular weight excluding hydrogens is 242 g/mol. The zero-order valence-electron chi connectivity index (χ0n) is 12.0. The first kappa shape index (κ1) is 15.3. The van der Waals surface area contributed by atoms with E-state index < -0.39 is 0 Å². The van der Waals surface area contributed by atoms with E-state index in [0.29, 0.717) is 17.9 Å². The van der Waals surface area contributed by atoms with Crippen LogP contribution < -0.4 is 10.2 Å². The van der Waals surface area contributed by atoms with Crippen molar-refractivity contribution in [3.8, 4) is 0 Å². The number of nitro benzene ring substituents is 1. The highest BCUT2D eigenvalue weighted by Gasteiger charge is 2.22. The number of para-hydroxylation sites is 1. The van der Waals surface area contributed by atoms with Crippen molar-refractivity contribution in [2.24, 2.45) is 0 Å². The van der Waals surface area contributed by atoms with Crippen molar-refractivity contribution in [2.45, 2.75) is 33.6 Å². The van der Waals surface area contributed by atoms with Crippen molar-refractivity contribution in [2.75, 3.05) is 29.9 Å². The molecule has 0 atom stereocenters. The molecule has 19 heavy (non-hydrogen) atoms. The van der Waals surface area contributed by atoms with Gasteiger partial charge in [-0.05, 0) is 31.9 Å². The summed E-state index contributed by atoms with van der Waals surface area (Å²) in [5.41, 5.74) is 1.50. The van der Waals surface area contributed by atoms with E-state index in [1.807, 2.05) is 19.1 Å². The van der Waals surface area contributed by atoms with E-state index >= 15 is 0 Å². The van der Waals surface area contributed by atoms with Crippen LogP contribution in [-0.2, 0) is 0 Å². The van der Waals surface area contributed by atoms with Gasteiger partial charge in [0, 0.05) is 19.6 Å². The second-order valence-electron chi connectivity index (χ2n) is 4.45. The first-order valence-corrected chi connectivity index (χ1v) is 6.91. The first-order valence-electron chi connectivity index (χ1n) is 6.91. The van der Waals surface area contributed by atoms with Crippen LogP contribution in [-0.4, -0.2) is 24.6 Å². The standard InChI is InChI=1S/C14H23N3O2/c1-4-10-16(11-5-2)13-9-7-8-12(15-6-3)14(13)17(18)19/h7-9,15H,4-6,10-11H2,1-3H3. The third-order valence-corrected chi connectivity index (χ3v) is 2.89. The summed E-state index contributed by atoms with van der Waals surface area (Å²) >= 11 is 0. The van der Waals surface area contributed by atoms with E-state index in [9.17, 15) is 10.1 Å². The molecule has 0 saturated heterocycles. The number of nitro groups is 1. The predicted octanol–water partition coefficient (Wildman–Crippen LogP) is 3.65. The SMILES string of the molecule is CCCN(CCC)c1cccc(NCC)c1[N+](=O)[O-]. The summed E-state index contributed by atoms with van der Waals surface area (Å²) in [6, 6.07) is 5.48. The van der Waals surface area contributed by atoms with Crippen molar-refractivity contribution >= 4 is 17.1 Å². The molecule has 0 fully saturated rings. The predicted molar refractivity (Wildman–Crippen MR) is 80.1 cm³/mol. The molecule has 0 amide bonds. The Labute approximate surface area is 114 Å². The molecule has 0 aliphatic heterocycles. The van der Waals surface area contributed by atoms with E-state index in [0.717, 1.165) is 25.9 Å². The van der Waals surface area contributed by atoms with Gasteiger partial charge in [0.1, 0.15) is 11.4 Å². The lowest BCUT2D eigenvalue weighted by atomic mass is 10.2. The Hall–Kier alpha value is -1.78. The fourth-order valence-electron chi connectivity index (χ4n) is 2.20. The number of hydrogen-bond acceptors (Lipinski definition) is 4. The maximum Gasteiger partial charge on any atom is 0.315 e. The Morgan fingerprint density at radius 1 is 1.21 bits per heavy atom. The second-order valence-corrected chi connectivity index (χ2v) is 4.45. The summed E-state index contributed by atoms with van der Waals surface area (Å²) < 4.78 is 0. The van der Waals surface area contributed by atoms with Crippen molar-refractivity contribution in [1.29, 1.82) is 0 Å². The van der Waals surface area contributed by atoms with E-state index in [1.165, 1.54) is 0 Å². The summed E-state index contributed by atoms with van der Waals surface area (Å²) in [5, 5.41) is 14.4. The quantitative estimate of drug-likeness (QED) is 0.575. The minimum atomic E-state index is -0.286. The van der Waals surface area contributed by atoms with Crippen LogP contribution in [0.5, 0.6) is 0 Å². The molecule has 0 radical (unpaired) electrons. The lowest BCUT2D eigenvalue weighted by Gasteiger charge is -2.24. The molecule has 5 heteroatoms. The van der Waals surface area contributed by atoms with Crippen LogP contribution in [0.4, 0.5) is 17.1 Å². The second kappa shape index (κ2) is 7.61. The molecule has 0 aliphatic carbocycles. The van der Waals surface area contributed by atoms with Gasteiger partial charge in [-0.25, -0.2) is 0 Å². The van der Waals surface area contributed by atoms with E-state index in [4.69, 9.17) is 0 Å². The minimum absolute atomic E-state index is 0.186. The highest BCUT2D eigenvalue weighted by molar-refractivity contribution is 5.77. The molecule has 5 nitrogen and oxygen atoms in total. The summed E-state index contributed by atoms with van der Waals surface area (Å²) in [4.78, 5) is 13.2. The van der Waals surface area contributed by atoms with Crippen molar-refractivity contribution in [1.82, 2.24) is 0 Å². The van der Waals surface area contributed by atoms with Crippen LogP contribution in [0, 0.1) is 10.1 Å². The van der Waals surface area contributed by atoms with Gasteiger partial charge in [-0.2, -0.15) is 0 Å². The largest absolute Gasteiger partial charge is 0.380 e. The van der Waals surface area contributed by atoms with Gasteiger partial charge in [-0.3, -0.25) is 10.1 Å². The maximum absolute atomic E-state index is 11.4. The average Bonchev–Trinajstić information content (AvgIpc) is 2.38. The zero-order valence-corrected chi connectivity index (χ0v) is 12.0.